The van der Waals surface area contributed by atoms with Gasteiger partial charge in [0.2, 0.25) is 5.43 Å². The van der Waals surface area contributed by atoms with Crippen LogP contribution in [0, 0.1) is 0 Å². The van der Waals surface area contributed by atoms with E-state index in [9.17, 15) is 9.59 Å². The van der Waals surface area contributed by atoms with E-state index in [0.717, 1.165) is 25.0 Å². The predicted octanol–water partition coefficient (Wildman–Crippen LogP) is 1.58. The summed E-state index contributed by atoms with van der Waals surface area (Å²) in [6, 6.07) is 1.22. The van der Waals surface area contributed by atoms with Crippen molar-refractivity contribution in [2.75, 3.05) is 12.4 Å². The molecule has 0 aliphatic heterocycles. The van der Waals surface area contributed by atoms with Gasteiger partial charge in [0.05, 0.1) is 12.8 Å². The van der Waals surface area contributed by atoms with Crippen molar-refractivity contribution in [1.82, 2.24) is 9.97 Å². The maximum Gasteiger partial charge on any atom is 0.273 e. The summed E-state index contributed by atoms with van der Waals surface area (Å²) < 4.78 is 4.85. The Hall–Kier alpha value is -2.15. The SMILES string of the molecule is COc1c[nH]c(C(=O)Nc2nc3c(s2)CCC3)cc1=O. The number of pyridine rings is 1. The molecule has 0 atom stereocenters. The molecule has 0 spiro atoms. The molecule has 0 bridgehead atoms. The molecule has 7 heteroatoms. The molecule has 0 radical (unpaired) electrons. The van der Waals surface area contributed by atoms with Crippen LogP contribution in [0.2, 0.25) is 0 Å². The molecule has 1 amide bonds. The number of methoxy groups -OCH3 is 1. The van der Waals surface area contributed by atoms with Crippen molar-refractivity contribution in [2.45, 2.75) is 19.3 Å². The summed E-state index contributed by atoms with van der Waals surface area (Å²) in [4.78, 5) is 32.0. The van der Waals surface area contributed by atoms with Crippen LogP contribution in [0.3, 0.4) is 0 Å². The second-order valence-electron chi connectivity index (χ2n) is 4.48. The van der Waals surface area contributed by atoms with Crippen molar-refractivity contribution in [3.8, 4) is 5.75 Å². The molecule has 1 aliphatic carbocycles. The van der Waals surface area contributed by atoms with Gasteiger partial charge in [-0.15, -0.1) is 11.3 Å². The van der Waals surface area contributed by atoms with Crippen LogP contribution in [-0.2, 0) is 12.8 Å². The van der Waals surface area contributed by atoms with E-state index in [1.165, 1.54) is 35.6 Å². The molecule has 1 aliphatic rings. The van der Waals surface area contributed by atoms with Gasteiger partial charge in [0.25, 0.3) is 5.91 Å². The molecule has 2 N–H and O–H groups in total. The van der Waals surface area contributed by atoms with E-state index in [-0.39, 0.29) is 22.8 Å². The number of hydrogen-bond acceptors (Lipinski definition) is 5. The molecule has 20 heavy (non-hydrogen) atoms. The van der Waals surface area contributed by atoms with Crippen LogP contribution in [0.1, 0.15) is 27.5 Å². The molecular formula is C13H13N3O3S. The van der Waals surface area contributed by atoms with Gasteiger partial charge in [-0.2, -0.15) is 0 Å². The fourth-order valence-electron chi connectivity index (χ4n) is 2.16. The predicted molar refractivity (Wildman–Crippen MR) is 75.7 cm³/mol. The molecule has 0 saturated heterocycles. The van der Waals surface area contributed by atoms with Crippen molar-refractivity contribution in [2.24, 2.45) is 0 Å². The monoisotopic (exact) mass is 291 g/mol. The van der Waals surface area contributed by atoms with Gasteiger partial charge in [-0.25, -0.2) is 4.98 Å². The summed E-state index contributed by atoms with van der Waals surface area (Å²) in [5, 5.41) is 3.29. The Bertz CT molecular complexity index is 698. The number of aromatic amines is 1. The van der Waals surface area contributed by atoms with Gasteiger partial charge >= 0.3 is 0 Å². The quantitative estimate of drug-likeness (QED) is 0.899. The number of rotatable bonds is 3. The minimum Gasteiger partial charge on any atom is -0.491 e. The molecule has 2 aromatic rings. The van der Waals surface area contributed by atoms with Crippen LogP contribution in [0.25, 0.3) is 0 Å². The Balaban J connectivity index is 1.78. The number of ether oxygens (including phenoxy) is 1. The zero-order chi connectivity index (χ0) is 14.1. The second-order valence-corrected chi connectivity index (χ2v) is 5.56. The molecule has 3 rings (SSSR count). The first-order valence-corrected chi connectivity index (χ1v) is 7.05. The van der Waals surface area contributed by atoms with Gasteiger partial charge < -0.3 is 9.72 Å². The normalized spacial score (nSPS) is 13.1. The van der Waals surface area contributed by atoms with Crippen molar-refractivity contribution in [3.63, 3.8) is 0 Å². The van der Waals surface area contributed by atoms with Crippen LogP contribution < -0.4 is 15.5 Å². The zero-order valence-electron chi connectivity index (χ0n) is 10.9. The van der Waals surface area contributed by atoms with Gasteiger partial charge in [0.1, 0.15) is 5.69 Å². The number of carbonyl (C=O) groups is 1. The van der Waals surface area contributed by atoms with E-state index in [4.69, 9.17) is 4.74 Å². The number of amides is 1. The van der Waals surface area contributed by atoms with E-state index < -0.39 is 0 Å². The van der Waals surface area contributed by atoms with Crippen LogP contribution in [0.4, 0.5) is 5.13 Å². The Morgan fingerprint density at radius 1 is 1.50 bits per heavy atom. The third-order valence-corrected chi connectivity index (χ3v) is 4.23. The maximum absolute atomic E-state index is 12.0. The van der Waals surface area contributed by atoms with Gasteiger partial charge in [0, 0.05) is 17.1 Å². The minimum absolute atomic E-state index is 0.176. The van der Waals surface area contributed by atoms with E-state index in [2.05, 4.69) is 15.3 Å². The average Bonchev–Trinajstić information content (AvgIpc) is 2.99. The molecule has 2 heterocycles. The number of hydrogen-bond donors (Lipinski definition) is 2. The number of aryl methyl sites for hydroxylation is 2. The summed E-state index contributed by atoms with van der Waals surface area (Å²) in [5.74, 6) is -0.202. The van der Waals surface area contributed by atoms with E-state index in [1.54, 1.807) is 0 Å². The number of aromatic nitrogens is 2. The number of nitrogens with one attached hydrogen (secondary N) is 2. The lowest BCUT2D eigenvalue weighted by atomic mass is 10.3. The highest BCUT2D eigenvalue weighted by atomic mass is 32.1. The zero-order valence-corrected chi connectivity index (χ0v) is 11.7. The Labute approximate surface area is 118 Å². The highest BCUT2D eigenvalue weighted by Gasteiger charge is 2.18. The number of thiazole rings is 1. The van der Waals surface area contributed by atoms with Crippen molar-refractivity contribution in [3.05, 3.63) is 38.8 Å². The first kappa shape index (κ1) is 12.9. The number of anilines is 1. The van der Waals surface area contributed by atoms with Crippen molar-refractivity contribution < 1.29 is 9.53 Å². The summed E-state index contributed by atoms with van der Waals surface area (Å²) in [7, 11) is 1.40. The Kier molecular flexibility index (Phi) is 3.27. The fourth-order valence-corrected chi connectivity index (χ4v) is 3.20. The summed E-state index contributed by atoms with van der Waals surface area (Å²) in [6.45, 7) is 0. The molecular weight excluding hydrogens is 278 g/mol. The van der Waals surface area contributed by atoms with Gasteiger partial charge in [0.15, 0.2) is 10.9 Å². The summed E-state index contributed by atoms with van der Waals surface area (Å²) >= 11 is 1.50. The largest absolute Gasteiger partial charge is 0.491 e. The lowest BCUT2D eigenvalue weighted by Crippen LogP contribution is -2.17. The molecule has 104 valence electrons. The van der Waals surface area contributed by atoms with Crippen LogP contribution >= 0.6 is 11.3 Å². The number of nitrogens with zero attached hydrogens (tertiary/aromatic N) is 1. The highest BCUT2D eigenvalue weighted by Crippen LogP contribution is 2.30. The van der Waals surface area contributed by atoms with Crippen molar-refractivity contribution in [1.29, 1.82) is 0 Å². The third-order valence-electron chi connectivity index (χ3n) is 3.16. The van der Waals surface area contributed by atoms with Gasteiger partial charge in [-0.05, 0) is 19.3 Å². The Morgan fingerprint density at radius 2 is 2.35 bits per heavy atom. The second kappa shape index (κ2) is 5.09. The Morgan fingerprint density at radius 3 is 3.05 bits per heavy atom. The molecule has 0 fully saturated rings. The van der Waals surface area contributed by atoms with E-state index >= 15 is 0 Å². The topological polar surface area (TPSA) is 84.1 Å². The fraction of sp³-hybridized carbons (Fsp3) is 0.308. The first-order chi connectivity index (χ1) is 9.67. The van der Waals surface area contributed by atoms with Gasteiger partial charge in [-0.3, -0.25) is 14.9 Å². The van der Waals surface area contributed by atoms with E-state index in [1.807, 2.05) is 0 Å². The standard InChI is InChI=1S/C13H13N3O3S/c1-19-10-6-14-8(5-9(10)17)12(18)16-13-15-7-3-2-4-11(7)20-13/h5-6H,2-4H2,1H3,(H,14,17)(H,15,16,18). The highest BCUT2D eigenvalue weighted by molar-refractivity contribution is 7.15. The molecule has 2 aromatic heterocycles. The minimum atomic E-state index is -0.378. The lowest BCUT2D eigenvalue weighted by molar-refractivity contribution is 0.102. The smallest absolute Gasteiger partial charge is 0.273 e. The molecule has 0 unspecified atom stereocenters. The number of carbonyl (C=O) groups excluding carboxylic acids is 1. The molecule has 6 nitrogen and oxygen atoms in total. The lowest BCUT2D eigenvalue weighted by Gasteiger charge is -2.03. The summed E-state index contributed by atoms with van der Waals surface area (Å²) in [5.41, 5.74) is 0.928. The first-order valence-electron chi connectivity index (χ1n) is 6.24. The maximum atomic E-state index is 12.0. The number of fused-ring (bicyclic) bond motifs is 1. The number of H-pyrrole nitrogens is 1. The van der Waals surface area contributed by atoms with Crippen LogP contribution in [0.15, 0.2) is 17.1 Å². The van der Waals surface area contributed by atoms with Crippen molar-refractivity contribution >= 4 is 22.4 Å². The van der Waals surface area contributed by atoms with Crippen LogP contribution in [0.5, 0.6) is 5.75 Å². The average molecular weight is 291 g/mol. The summed E-state index contributed by atoms with van der Waals surface area (Å²) in [6.07, 6.45) is 4.51. The van der Waals surface area contributed by atoms with Gasteiger partial charge in [-0.1, -0.05) is 0 Å². The molecule has 0 saturated carbocycles. The van der Waals surface area contributed by atoms with Crippen LogP contribution in [-0.4, -0.2) is 23.0 Å². The molecule has 0 aromatic carbocycles. The van der Waals surface area contributed by atoms with E-state index in [0.29, 0.717) is 5.13 Å². The third kappa shape index (κ3) is 2.32.